The summed E-state index contributed by atoms with van der Waals surface area (Å²) in [4.78, 5) is 12.7. The van der Waals surface area contributed by atoms with Gasteiger partial charge in [0.05, 0.1) is 17.9 Å². The summed E-state index contributed by atoms with van der Waals surface area (Å²) in [5, 5.41) is 10.3. The van der Waals surface area contributed by atoms with Crippen molar-refractivity contribution in [2.24, 2.45) is 5.41 Å². The molecule has 0 spiro atoms. The van der Waals surface area contributed by atoms with Gasteiger partial charge in [-0.1, -0.05) is 12.5 Å². The van der Waals surface area contributed by atoms with Gasteiger partial charge < -0.3 is 9.52 Å². The van der Waals surface area contributed by atoms with Crippen LogP contribution < -0.4 is 0 Å². The number of hydrogen-bond acceptors (Lipinski definition) is 3. The zero-order valence-electron chi connectivity index (χ0n) is 11.0. The van der Waals surface area contributed by atoms with E-state index in [2.05, 4.69) is 0 Å². The monoisotopic (exact) mass is 246 g/mol. The number of ketones is 1. The van der Waals surface area contributed by atoms with Crippen LogP contribution in [0.5, 0.6) is 0 Å². The highest BCUT2D eigenvalue weighted by molar-refractivity contribution is 6.13. The van der Waals surface area contributed by atoms with Crippen LogP contribution in [-0.4, -0.2) is 17.0 Å². The van der Waals surface area contributed by atoms with Gasteiger partial charge in [0.1, 0.15) is 5.76 Å². The summed E-state index contributed by atoms with van der Waals surface area (Å²) < 4.78 is 5.50. The average molecular weight is 246 g/mol. The molecule has 1 aromatic rings. The van der Waals surface area contributed by atoms with Crippen LogP contribution in [0.15, 0.2) is 21.8 Å². The van der Waals surface area contributed by atoms with Gasteiger partial charge in [0.2, 0.25) is 0 Å². The van der Waals surface area contributed by atoms with Crippen LogP contribution in [0.25, 0.3) is 0 Å². The molecule has 3 heteroatoms. The predicted octanol–water partition coefficient (Wildman–Crippen LogP) is 2.80. The first-order chi connectivity index (χ1) is 8.45. The number of allylic oxidation sites excluding steroid dienone is 1. The normalized spacial score (nSPS) is 31.3. The summed E-state index contributed by atoms with van der Waals surface area (Å²) in [6, 6.07) is 0. The third-order valence-corrected chi connectivity index (χ3v) is 4.56. The fourth-order valence-corrected chi connectivity index (χ4v) is 3.50. The third kappa shape index (κ3) is 1.31. The van der Waals surface area contributed by atoms with E-state index in [1.807, 2.05) is 20.8 Å². The van der Waals surface area contributed by atoms with E-state index in [0.717, 1.165) is 40.9 Å². The maximum atomic E-state index is 12.7. The standard InChI is InChI=1S/C15H18O3/c1-8-4-5-11(16)15(3)6-10-12(9(2)7-18-10)14(17)13(8)15/h7,11,16H,4-6H2,1-3H3/t11-,15+/m1/s1. The summed E-state index contributed by atoms with van der Waals surface area (Å²) in [7, 11) is 0. The molecule has 3 rings (SSSR count). The topological polar surface area (TPSA) is 50.4 Å². The van der Waals surface area contributed by atoms with Gasteiger partial charge in [-0.25, -0.2) is 0 Å². The number of carbonyl (C=O) groups is 1. The van der Waals surface area contributed by atoms with Gasteiger partial charge in [0, 0.05) is 17.4 Å². The van der Waals surface area contributed by atoms with Crippen LogP contribution in [-0.2, 0) is 6.42 Å². The number of aliphatic hydroxyl groups is 1. The lowest BCUT2D eigenvalue weighted by Crippen LogP contribution is -2.45. The van der Waals surface area contributed by atoms with E-state index in [1.165, 1.54) is 0 Å². The molecule has 0 radical (unpaired) electrons. The van der Waals surface area contributed by atoms with Gasteiger partial charge in [0.25, 0.3) is 0 Å². The van der Waals surface area contributed by atoms with E-state index < -0.39 is 11.5 Å². The second-order valence-electron chi connectivity index (χ2n) is 5.85. The predicted molar refractivity (Wildman–Crippen MR) is 67.5 cm³/mol. The molecule has 2 atom stereocenters. The number of Topliss-reactive ketones (excluding diaryl/α,β-unsaturated/α-hetero) is 1. The molecule has 0 bridgehead atoms. The summed E-state index contributed by atoms with van der Waals surface area (Å²) in [6.45, 7) is 5.89. The Labute approximate surface area is 106 Å². The van der Waals surface area contributed by atoms with E-state index in [0.29, 0.717) is 6.42 Å². The molecule has 3 nitrogen and oxygen atoms in total. The smallest absolute Gasteiger partial charge is 0.193 e. The molecule has 0 saturated heterocycles. The number of hydrogen-bond donors (Lipinski definition) is 1. The fraction of sp³-hybridized carbons (Fsp3) is 0.533. The van der Waals surface area contributed by atoms with Crippen molar-refractivity contribution in [2.45, 2.75) is 46.1 Å². The molecule has 0 saturated carbocycles. The highest BCUT2D eigenvalue weighted by Gasteiger charge is 2.49. The number of furan rings is 1. The first kappa shape index (κ1) is 11.7. The van der Waals surface area contributed by atoms with Crippen LogP contribution in [0.2, 0.25) is 0 Å². The van der Waals surface area contributed by atoms with Crippen molar-refractivity contribution in [3.63, 3.8) is 0 Å². The Balaban J connectivity index is 2.25. The Kier molecular flexibility index (Phi) is 2.33. The zero-order chi connectivity index (χ0) is 13.1. The average Bonchev–Trinajstić information content (AvgIpc) is 2.66. The highest BCUT2D eigenvalue weighted by Crippen LogP contribution is 2.49. The van der Waals surface area contributed by atoms with Gasteiger partial charge in [0.15, 0.2) is 5.78 Å². The largest absolute Gasteiger partial charge is 0.468 e. The Morgan fingerprint density at radius 3 is 2.89 bits per heavy atom. The van der Waals surface area contributed by atoms with E-state index in [1.54, 1.807) is 6.26 Å². The van der Waals surface area contributed by atoms with Crippen LogP contribution in [0, 0.1) is 12.3 Å². The van der Waals surface area contributed by atoms with Crippen molar-refractivity contribution in [2.75, 3.05) is 0 Å². The van der Waals surface area contributed by atoms with E-state index in [9.17, 15) is 9.90 Å². The first-order valence-electron chi connectivity index (χ1n) is 6.45. The van der Waals surface area contributed by atoms with E-state index in [4.69, 9.17) is 4.42 Å². The summed E-state index contributed by atoms with van der Waals surface area (Å²) in [6.07, 6.45) is 3.35. The quantitative estimate of drug-likeness (QED) is 0.765. The van der Waals surface area contributed by atoms with Crippen LogP contribution in [0.4, 0.5) is 0 Å². The molecule has 0 aliphatic heterocycles. The molecule has 1 N–H and O–H groups in total. The number of fused-ring (bicyclic) bond motifs is 2. The SMILES string of the molecule is CC1=C2C(=O)c3c(C)coc3C[C@@]2(C)[C@H](O)CC1. The highest BCUT2D eigenvalue weighted by atomic mass is 16.3. The Bertz CT molecular complexity index is 564. The maximum absolute atomic E-state index is 12.7. The number of carbonyl (C=O) groups excluding carboxylic acids is 1. The molecule has 0 aromatic carbocycles. The molecule has 1 heterocycles. The molecule has 2 aliphatic rings. The van der Waals surface area contributed by atoms with Crippen LogP contribution in [0.3, 0.4) is 0 Å². The van der Waals surface area contributed by atoms with Crippen molar-refractivity contribution >= 4 is 5.78 Å². The van der Waals surface area contributed by atoms with Crippen molar-refractivity contribution in [1.29, 1.82) is 0 Å². The summed E-state index contributed by atoms with van der Waals surface area (Å²) >= 11 is 0. The van der Waals surface area contributed by atoms with Crippen LogP contribution in [0.1, 0.15) is 48.4 Å². The summed E-state index contributed by atoms with van der Waals surface area (Å²) in [5.74, 6) is 0.791. The van der Waals surface area contributed by atoms with E-state index >= 15 is 0 Å². The van der Waals surface area contributed by atoms with Gasteiger partial charge in [-0.05, 0) is 32.3 Å². The Hall–Kier alpha value is -1.35. The molecule has 18 heavy (non-hydrogen) atoms. The number of rotatable bonds is 0. The minimum absolute atomic E-state index is 0.0567. The molecule has 96 valence electrons. The van der Waals surface area contributed by atoms with Crippen molar-refractivity contribution in [3.8, 4) is 0 Å². The summed E-state index contributed by atoms with van der Waals surface area (Å²) in [5.41, 5.74) is 3.09. The second kappa shape index (κ2) is 3.58. The molecule has 0 amide bonds. The van der Waals surface area contributed by atoms with Crippen molar-refractivity contribution < 1.29 is 14.3 Å². The molecule has 2 aliphatic carbocycles. The van der Waals surface area contributed by atoms with Gasteiger partial charge in [-0.3, -0.25) is 4.79 Å². The molecule has 1 aromatic heterocycles. The number of aliphatic hydroxyl groups excluding tert-OH is 1. The Morgan fingerprint density at radius 2 is 2.17 bits per heavy atom. The van der Waals surface area contributed by atoms with Gasteiger partial charge in [-0.2, -0.15) is 0 Å². The van der Waals surface area contributed by atoms with Gasteiger partial charge >= 0.3 is 0 Å². The van der Waals surface area contributed by atoms with Crippen molar-refractivity contribution in [3.05, 3.63) is 34.3 Å². The Morgan fingerprint density at radius 1 is 1.44 bits per heavy atom. The minimum Gasteiger partial charge on any atom is -0.468 e. The lowest BCUT2D eigenvalue weighted by molar-refractivity contribution is 0.0367. The zero-order valence-corrected chi connectivity index (χ0v) is 11.0. The maximum Gasteiger partial charge on any atom is 0.193 e. The van der Waals surface area contributed by atoms with E-state index in [-0.39, 0.29) is 5.78 Å². The lowest BCUT2D eigenvalue weighted by Gasteiger charge is -2.43. The van der Waals surface area contributed by atoms with Crippen LogP contribution >= 0.6 is 0 Å². The van der Waals surface area contributed by atoms with Crippen molar-refractivity contribution in [1.82, 2.24) is 0 Å². The molecule has 0 unspecified atom stereocenters. The number of aryl methyl sites for hydroxylation is 1. The molecule has 0 fully saturated rings. The van der Waals surface area contributed by atoms with Gasteiger partial charge in [-0.15, -0.1) is 0 Å². The first-order valence-corrected chi connectivity index (χ1v) is 6.45. The second-order valence-corrected chi connectivity index (χ2v) is 5.85. The molecular weight excluding hydrogens is 228 g/mol. The molecular formula is C15H18O3. The fourth-order valence-electron chi connectivity index (χ4n) is 3.50. The minimum atomic E-state index is -0.475. The lowest BCUT2D eigenvalue weighted by atomic mass is 9.62. The third-order valence-electron chi connectivity index (χ3n) is 4.56.